The molecule has 5 rings (SSSR count). The summed E-state index contributed by atoms with van der Waals surface area (Å²) in [5, 5.41) is 12.4. The molecular formula is C20H23N5OS. The SMILES string of the molecule is CC1Cc2[nH]nc(-c3cc(N4CCOCC4)ncn3)c2CC1c1ccsc1. The van der Waals surface area contributed by atoms with E-state index in [2.05, 4.69) is 54.9 Å². The van der Waals surface area contributed by atoms with Gasteiger partial charge in [0.25, 0.3) is 0 Å². The minimum atomic E-state index is 0.542. The topological polar surface area (TPSA) is 66.9 Å². The van der Waals surface area contributed by atoms with Crippen LogP contribution < -0.4 is 4.90 Å². The second-order valence-electron chi connectivity index (χ2n) is 7.44. The van der Waals surface area contributed by atoms with Crippen LogP contribution in [0.4, 0.5) is 5.82 Å². The lowest BCUT2D eigenvalue weighted by Crippen LogP contribution is -2.36. The van der Waals surface area contributed by atoms with Crippen LogP contribution in [0.15, 0.2) is 29.2 Å². The van der Waals surface area contributed by atoms with Gasteiger partial charge in [0.2, 0.25) is 0 Å². The molecule has 2 atom stereocenters. The number of anilines is 1. The molecule has 1 N–H and O–H groups in total. The molecule has 0 aromatic carbocycles. The molecule has 3 aromatic rings. The van der Waals surface area contributed by atoms with Gasteiger partial charge in [0.1, 0.15) is 17.8 Å². The minimum Gasteiger partial charge on any atom is -0.378 e. The van der Waals surface area contributed by atoms with Crippen molar-refractivity contribution in [3.63, 3.8) is 0 Å². The van der Waals surface area contributed by atoms with Crippen molar-refractivity contribution in [3.05, 3.63) is 46.0 Å². The van der Waals surface area contributed by atoms with Crippen LogP contribution >= 0.6 is 11.3 Å². The molecule has 1 aliphatic carbocycles. The van der Waals surface area contributed by atoms with Crippen molar-refractivity contribution in [2.75, 3.05) is 31.2 Å². The summed E-state index contributed by atoms with van der Waals surface area (Å²) in [5.41, 5.74) is 5.91. The van der Waals surface area contributed by atoms with Gasteiger partial charge in [-0.2, -0.15) is 16.4 Å². The van der Waals surface area contributed by atoms with Gasteiger partial charge in [0, 0.05) is 30.4 Å². The summed E-state index contributed by atoms with van der Waals surface area (Å²) in [5.74, 6) is 2.11. The van der Waals surface area contributed by atoms with Crippen LogP contribution in [0.25, 0.3) is 11.4 Å². The Bertz CT molecular complexity index is 916. The Labute approximate surface area is 162 Å². The Balaban J connectivity index is 1.48. The highest BCUT2D eigenvalue weighted by Gasteiger charge is 2.31. The Morgan fingerprint density at radius 2 is 2.11 bits per heavy atom. The molecule has 27 heavy (non-hydrogen) atoms. The highest BCUT2D eigenvalue weighted by Crippen LogP contribution is 2.40. The molecule has 3 aromatic heterocycles. The normalized spacial score (nSPS) is 22.6. The van der Waals surface area contributed by atoms with E-state index in [0.29, 0.717) is 11.8 Å². The Hall–Kier alpha value is -2.25. The van der Waals surface area contributed by atoms with E-state index in [4.69, 9.17) is 4.74 Å². The lowest BCUT2D eigenvalue weighted by Gasteiger charge is -2.29. The second-order valence-corrected chi connectivity index (χ2v) is 8.22. The molecule has 7 heteroatoms. The molecule has 0 spiro atoms. The number of hydrogen-bond donors (Lipinski definition) is 1. The molecule has 1 fully saturated rings. The van der Waals surface area contributed by atoms with Crippen molar-refractivity contribution in [2.24, 2.45) is 5.92 Å². The van der Waals surface area contributed by atoms with Crippen molar-refractivity contribution >= 4 is 17.2 Å². The van der Waals surface area contributed by atoms with E-state index in [1.165, 1.54) is 16.8 Å². The van der Waals surface area contributed by atoms with Crippen molar-refractivity contribution in [2.45, 2.75) is 25.7 Å². The van der Waals surface area contributed by atoms with Gasteiger partial charge in [0.05, 0.1) is 18.9 Å². The van der Waals surface area contributed by atoms with E-state index in [1.807, 2.05) is 0 Å². The number of fused-ring (bicyclic) bond motifs is 1. The molecule has 2 aliphatic rings. The summed E-state index contributed by atoms with van der Waals surface area (Å²) in [6, 6.07) is 4.33. The Kier molecular flexibility index (Phi) is 4.41. The number of nitrogens with one attached hydrogen (secondary N) is 1. The summed E-state index contributed by atoms with van der Waals surface area (Å²) >= 11 is 1.78. The Morgan fingerprint density at radius 1 is 1.22 bits per heavy atom. The number of nitrogens with zero attached hydrogens (tertiary/aromatic N) is 4. The summed E-state index contributed by atoms with van der Waals surface area (Å²) < 4.78 is 5.45. The summed E-state index contributed by atoms with van der Waals surface area (Å²) in [6.45, 7) is 5.57. The highest BCUT2D eigenvalue weighted by atomic mass is 32.1. The average molecular weight is 382 g/mol. The van der Waals surface area contributed by atoms with Gasteiger partial charge < -0.3 is 9.64 Å². The van der Waals surface area contributed by atoms with Crippen LogP contribution in [0.5, 0.6) is 0 Å². The van der Waals surface area contributed by atoms with E-state index in [-0.39, 0.29) is 0 Å². The fourth-order valence-electron chi connectivity index (χ4n) is 4.26. The molecular weight excluding hydrogens is 358 g/mol. The number of aromatic nitrogens is 4. The fraction of sp³-hybridized carbons (Fsp3) is 0.450. The summed E-state index contributed by atoms with van der Waals surface area (Å²) in [7, 11) is 0. The van der Waals surface area contributed by atoms with Crippen molar-refractivity contribution in [3.8, 4) is 11.4 Å². The largest absolute Gasteiger partial charge is 0.378 e. The average Bonchev–Trinajstić information content (AvgIpc) is 3.38. The van der Waals surface area contributed by atoms with Crippen LogP contribution in [0, 0.1) is 5.92 Å². The predicted molar refractivity (Wildman–Crippen MR) is 106 cm³/mol. The highest BCUT2D eigenvalue weighted by molar-refractivity contribution is 7.08. The maximum atomic E-state index is 5.45. The van der Waals surface area contributed by atoms with E-state index >= 15 is 0 Å². The van der Waals surface area contributed by atoms with Gasteiger partial charge in [-0.05, 0) is 47.1 Å². The van der Waals surface area contributed by atoms with Crippen LogP contribution in [-0.4, -0.2) is 46.5 Å². The molecule has 140 valence electrons. The first-order chi connectivity index (χ1) is 13.3. The van der Waals surface area contributed by atoms with Gasteiger partial charge in [0.15, 0.2) is 0 Å². The zero-order chi connectivity index (χ0) is 18.2. The zero-order valence-corrected chi connectivity index (χ0v) is 16.2. The lowest BCUT2D eigenvalue weighted by molar-refractivity contribution is 0.122. The Morgan fingerprint density at radius 3 is 2.93 bits per heavy atom. The lowest BCUT2D eigenvalue weighted by atomic mass is 9.76. The standard InChI is InChI=1S/C20H23N5OS/c1-13-8-17-16(9-15(13)14-2-7-27-11-14)20(24-23-17)18-10-19(22-12-21-18)25-3-5-26-6-4-25/h2,7,10-13,15H,3-6,8-9H2,1H3,(H,23,24). The molecule has 0 radical (unpaired) electrons. The third-order valence-electron chi connectivity index (χ3n) is 5.79. The van der Waals surface area contributed by atoms with Crippen molar-refractivity contribution < 1.29 is 4.74 Å². The maximum absolute atomic E-state index is 5.45. The van der Waals surface area contributed by atoms with Gasteiger partial charge in [-0.25, -0.2) is 9.97 Å². The predicted octanol–water partition coefficient (Wildman–Crippen LogP) is 3.28. The van der Waals surface area contributed by atoms with Crippen LogP contribution in [0.2, 0.25) is 0 Å². The number of thiophene rings is 1. The van der Waals surface area contributed by atoms with E-state index in [9.17, 15) is 0 Å². The molecule has 4 heterocycles. The first-order valence-corrected chi connectivity index (χ1v) is 10.5. The van der Waals surface area contributed by atoms with E-state index in [0.717, 1.165) is 56.4 Å². The van der Waals surface area contributed by atoms with E-state index in [1.54, 1.807) is 17.7 Å². The second kappa shape index (κ2) is 7.05. The van der Waals surface area contributed by atoms with Crippen LogP contribution in [0.1, 0.15) is 29.7 Å². The minimum absolute atomic E-state index is 0.542. The van der Waals surface area contributed by atoms with Gasteiger partial charge >= 0.3 is 0 Å². The first-order valence-electron chi connectivity index (χ1n) is 9.53. The molecule has 0 amide bonds. The molecule has 1 aliphatic heterocycles. The molecule has 2 unspecified atom stereocenters. The summed E-state index contributed by atoms with van der Waals surface area (Å²) in [6.07, 6.45) is 3.70. The van der Waals surface area contributed by atoms with Gasteiger partial charge in [-0.3, -0.25) is 5.10 Å². The monoisotopic (exact) mass is 381 g/mol. The molecule has 6 nitrogen and oxygen atoms in total. The number of hydrogen-bond acceptors (Lipinski definition) is 6. The molecule has 0 saturated carbocycles. The number of aromatic amines is 1. The zero-order valence-electron chi connectivity index (χ0n) is 15.4. The number of ether oxygens (including phenoxy) is 1. The third-order valence-corrected chi connectivity index (χ3v) is 6.49. The van der Waals surface area contributed by atoms with Gasteiger partial charge in [-0.1, -0.05) is 6.92 Å². The maximum Gasteiger partial charge on any atom is 0.132 e. The van der Waals surface area contributed by atoms with Crippen molar-refractivity contribution in [1.29, 1.82) is 0 Å². The van der Waals surface area contributed by atoms with Crippen LogP contribution in [-0.2, 0) is 17.6 Å². The molecule has 0 bridgehead atoms. The van der Waals surface area contributed by atoms with Gasteiger partial charge in [-0.15, -0.1) is 0 Å². The van der Waals surface area contributed by atoms with E-state index < -0.39 is 0 Å². The fourth-order valence-corrected chi connectivity index (χ4v) is 4.99. The van der Waals surface area contributed by atoms with Crippen LogP contribution in [0.3, 0.4) is 0 Å². The number of rotatable bonds is 3. The number of morpholine rings is 1. The third kappa shape index (κ3) is 3.15. The first kappa shape index (κ1) is 16.9. The summed E-state index contributed by atoms with van der Waals surface area (Å²) in [4.78, 5) is 11.3. The number of H-pyrrole nitrogens is 1. The van der Waals surface area contributed by atoms with Crippen molar-refractivity contribution in [1.82, 2.24) is 20.2 Å². The quantitative estimate of drug-likeness (QED) is 0.754. The smallest absolute Gasteiger partial charge is 0.132 e. The molecule has 1 saturated heterocycles.